The van der Waals surface area contributed by atoms with Crippen LogP contribution in [0.5, 0.6) is 0 Å². The van der Waals surface area contributed by atoms with Crippen molar-refractivity contribution in [3.8, 4) is 22.4 Å². The molecule has 1 aromatic heterocycles. The van der Waals surface area contributed by atoms with Gasteiger partial charge in [0.1, 0.15) is 17.5 Å². The lowest BCUT2D eigenvalue weighted by Gasteiger charge is -2.06. The van der Waals surface area contributed by atoms with Gasteiger partial charge in [-0.2, -0.15) is 5.10 Å². The SMILES string of the molecule is Nc1n[nH]c(-c2cccc(F)c2)c1-c1ccc(F)cc1F. The number of hydrogen-bond donors (Lipinski definition) is 2. The molecule has 3 nitrogen and oxygen atoms in total. The number of anilines is 1. The zero-order valence-corrected chi connectivity index (χ0v) is 10.7. The number of nitrogens with zero attached hydrogens (tertiary/aromatic N) is 1. The summed E-state index contributed by atoms with van der Waals surface area (Å²) in [5.74, 6) is -1.84. The van der Waals surface area contributed by atoms with Crippen molar-refractivity contribution >= 4 is 5.82 Å². The van der Waals surface area contributed by atoms with Gasteiger partial charge < -0.3 is 5.73 Å². The molecule has 0 aliphatic carbocycles. The van der Waals surface area contributed by atoms with Crippen molar-refractivity contribution in [1.82, 2.24) is 10.2 Å². The monoisotopic (exact) mass is 289 g/mol. The predicted molar refractivity (Wildman–Crippen MR) is 73.7 cm³/mol. The molecule has 0 fully saturated rings. The highest BCUT2D eigenvalue weighted by atomic mass is 19.1. The molecule has 0 amide bonds. The third-order valence-corrected chi connectivity index (χ3v) is 3.11. The maximum atomic E-state index is 14.0. The summed E-state index contributed by atoms with van der Waals surface area (Å²) in [5, 5.41) is 6.49. The van der Waals surface area contributed by atoms with E-state index < -0.39 is 17.5 Å². The highest BCUT2D eigenvalue weighted by molar-refractivity contribution is 5.87. The maximum Gasteiger partial charge on any atom is 0.153 e. The van der Waals surface area contributed by atoms with E-state index in [-0.39, 0.29) is 16.9 Å². The molecule has 6 heteroatoms. The first-order valence-corrected chi connectivity index (χ1v) is 6.11. The number of halogens is 3. The number of aromatic nitrogens is 2. The van der Waals surface area contributed by atoms with Gasteiger partial charge in [-0.05, 0) is 24.3 Å². The summed E-state index contributed by atoms with van der Waals surface area (Å²) in [4.78, 5) is 0. The Hall–Kier alpha value is -2.76. The van der Waals surface area contributed by atoms with Gasteiger partial charge in [0.15, 0.2) is 5.82 Å². The zero-order chi connectivity index (χ0) is 15.0. The zero-order valence-electron chi connectivity index (χ0n) is 10.7. The second kappa shape index (κ2) is 4.97. The molecule has 0 spiro atoms. The first kappa shape index (κ1) is 13.2. The standard InChI is InChI=1S/C15H10F3N3/c16-9-3-1-2-8(6-9)14-13(15(19)21-20-14)11-5-4-10(17)7-12(11)18/h1-7H,(H3,19,20,21). The molecule has 106 valence electrons. The van der Waals surface area contributed by atoms with Crippen LogP contribution in [0.1, 0.15) is 0 Å². The molecule has 0 saturated heterocycles. The van der Waals surface area contributed by atoms with E-state index in [4.69, 9.17) is 5.73 Å². The van der Waals surface area contributed by atoms with Crippen LogP contribution in [0.4, 0.5) is 19.0 Å². The summed E-state index contributed by atoms with van der Waals surface area (Å²) in [6.45, 7) is 0. The summed E-state index contributed by atoms with van der Waals surface area (Å²) in [6, 6.07) is 8.89. The fraction of sp³-hybridized carbons (Fsp3) is 0. The van der Waals surface area contributed by atoms with Crippen molar-refractivity contribution in [2.45, 2.75) is 0 Å². The normalized spacial score (nSPS) is 10.8. The van der Waals surface area contributed by atoms with Gasteiger partial charge >= 0.3 is 0 Å². The Kier molecular flexibility index (Phi) is 3.13. The highest BCUT2D eigenvalue weighted by Crippen LogP contribution is 2.36. The first-order valence-electron chi connectivity index (χ1n) is 6.11. The van der Waals surface area contributed by atoms with E-state index in [1.807, 2.05) is 0 Å². The van der Waals surface area contributed by atoms with Crippen LogP contribution in [-0.2, 0) is 0 Å². The Labute approximate surface area is 118 Å². The topological polar surface area (TPSA) is 54.7 Å². The Balaban J connectivity index is 2.22. The fourth-order valence-electron chi connectivity index (χ4n) is 2.17. The molecule has 0 aliphatic rings. The number of nitrogens with two attached hydrogens (primary N) is 1. The largest absolute Gasteiger partial charge is 0.382 e. The molecule has 1 heterocycles. The van der Waals surface area contributed by atoms with Gasteiger partial charge in [0.25, 0.3) is 0 Å². The maximum absolute atomic E-state index is 14.0. The highest BCUT2D eigenvalue weighted by Gasteiger charge is 2.18. The summed E-state index contributed by atoms with van der Waals surface area (Å²) in [5.41, 5.74) is 6.98. The minimum Gasteiger partial charge on any atom is -0.382 e. The van der Waals surface area contributed by atoms with Crippen molar-refractivity contribution in [1.29, 1.82) is 0 Å². The third-order valence-electron chi connectivity index (χ3n) is 3.11. The van der Waals surface area contributed by atoms with Gasteiger partial charge in [-0.25, -0.2) is 13.2 Å². The summed E-state index contributed by atoms with van der Waals surface area (Å²) >= 11 is 0. The number of nitrogens with one attached hydrogen (secondary N) is 1. The molecule has 3 rings (SSSR count). The molecule has 0 radical (unpaired) electrons. The van der Waals surface area contributed by atoms with E-state index in [0.29, 0.717) is 11.3 Å². The van der Waals surface area contributed by atoms with Crippen molar-refractivity contribution in [2.75, 3.05) is 5.73 Å². The van der Waals surface area contributed by atoms with E-state index in [1.54, 1.807) is 6.07 Å². The number of hydrogen-bond acceptors (Lipinski definition) is 2. The van der Waals surface area contributed by atoms with E-state index in [1.165, 1.54) is 24.3 Å². The fourth-order valence-corrected chi connectivity index (χ4v) is 2.17. The number of benzene rings is 2. The lowest BCUT2D eigenvalue weighted by molar-refractivity contribution is 0.585. The van der Waals surface area contributed by atoms with E-state index in [2.05, 4.69) is 10.2 Å². The number of H-pyrrole nitrogens is 1. The van der Waals surface area contributed by atoms with Gasteiger partial charge in [0, 0.05) is 17.2 Å². The van der Waals surface area contributed by atoms with Crippen molar-refractivity contribution in [3.63, 3.8) is 0 Å². The number of aromatic amines is 1. The van der Waals surface area contributed by atoms with Crippen LogP contribution in [0.2, 0.25) is 0 Å². The van der Waals surface area contributed by atoms with Gasteiger partial charge in [-0.15, -0.1) is 0 Å². The molecule has 0 bridgehead atoms. The first-order chi connectivity index (χ1) is 10.1. The van der Waals surface area contributed by atoms with Crippen molar-refractivity contribution in [3.05, 3.63) is 59.9 Å². The average Bonchev–Trinajstić information content (AvgIpc) is 2.81. The minimum absolute atomic E-state index is 0.0553. The summed E-state index contributed by atoms with van der Waals surface area (Å²) in [6.07, 6.45) is 0. The van der Waals surface area contributed by atoms with Gasteiger partial charge in [0.2, 0.25) is 0 Å². The number of rotatable bonds is 2. The van der Waals surface area contributed by atoms with Gasteiger partial charge in [0.05, 0.1) is 11.3 Å². The molecule has 0 atom stereocenters. The Bertz CT molecular complexity index is 812. The van der Waals surface area contributed by atoms with Crippen LogP contribution >= 0.6 is 0 Å². The second-order valence-electron chi connectivity index (χ2n) is 4.49. The van der Waals surface area contributed by atoms with Crippen LogP contribution in [0.15, 0.2) is 42.5 Å². The molecular formula is C15H10F3N3. The predicted octanol–water partition coefficient (Wildman–Crippen LogP) is 3.74. The van der Waals surface area contributed by atoms with Crippen molar-refractivity contribution < 1.29 is 13.2 Å². The molecule has 3 N–H and O–H groups in total. The van der Waals surface area contributed by atoms with Crippen LogP contribution in [0.25, 0.3) is 22.4 Å². The molecule has 0 saturated carbocycles. The Morgan fingerprint density at radius 1 is 0.952 bits per heavy atom. The van der Waals surface area contributed by atoms with Gasteiger partial charge in [-0.1, -0.05) is 12.1 Å². The molecule has 0 unspecified atom stereocenters. The molecular weight excluding hydrogens is 279 g/mol. The van der Waals surface area contributed by atoms with E-state index in [9.17, 15) is 13.2 Å². The van der Waals surface area contributed by atoms with E-state index in [0.717, 1.165) is 12.1 Å². The summed E-state index contributed by atoms with van der Waals surface area (Å²) < 4.78 is 40.3. The Morgan fingerprint density at radius 2 is 1.71 bits per heavy atom. The van der Waals surface area contributed by atoms with Crippen LogP contribution in [0.3, 0.4) is 0 Å². The van der Waals surface area contributed by atoms with Crippen LogP contribution in [0, 0.1) is 17.5 Å². The smallest absolute Gasteiger partial charge is 0.153 e. The average molecular weight is 289 g/mol. The van der Waals surface area contributed by atoms with Crippen molar-refractivity contribution in [2.24, 2.45) is 0 Å². The van der Waals surface area contributed by atoms with Gasteiger partial charge in [-0.3, -0.25) is 5.10 Å². The molecule has 0 aliphatic heterocycles. The van der Waals surface area contributed by atoms with Crippen LogP contribution in [-0.4, -0.2) is 10.2 Å². The second-order valence-corrected chi connectivity index (χ2v) is 4.49. The van der Waals surface area contributed by atoms with Crippen LogP contribution < -0.4 is 5.73 Å². The molecule has 3 aromatic rings. The molecule has 21 heavy (non-hydrogen) atoms. The van der Waals surface area contributed by atoms with E-state index >= 15 is 0 Å². The minimum atomic E-state index is -0.763. The third kappa shape index (κ3) is 2.35. The Morgan fingerprint density at radius 3 is 2.43 bits per heavy atom. The lowest BCUT2D eigenvalue weighted by atomic mass is 10.0. The summed E-state index contributed by atoms with van der Waals surface area (Å²) in [7, 11) is 0. The molecule has 2 aromatic carbocycles. The lowest BCUT2D eigenvalue weighted by Crippen LogP contribution is -1.92. The quantitative estimate of drug-likeness (QED) is 0.755. The number of nitrogen functional groups attached to an aromatic ring is 1.